The second-order valence-corrected chi connectivity index (χ2v) is 18.1. The van der Waals surface area contributed by atoms with Crippen molar-refractivity contribution in [3.63, 3.8) is 0 Å². The number of hydrogen-bond acceptors (Lipinski definition) is 6. The molecule has 0 aliphatic heterocycles. The predicted octanol–water partition coefficient (Wildman–Crippen LogP) is 17.7. The molecule has 62 heavy (non-hydrogen) atoms. The van der Waals surface area contributed by atoms with Crippen LogP contribution in [-0.2, 0) is 28.6 Å². The van der Waals surface area contributed by atoms with Crippen molar-refractivity contribution in [3.05, 3.63) is 36.5 Å². The molecule has 0 radical (unpaired) electrons. The third kappa shape index (κ3) is 48.7. The van der Waals surface area contributed by atoms with Crippen LogP contribution >= 0.6 is 0 Å². The van der Waals surface area contributed by atoms with E-state index in [9.17, 15) is 14.4 Å². The Morgan fingerprint density at radius 2 is 0.565 bits per heavy atom. The number of ether oxygens (including phenoxy) is 3. The van der Waals surface area contributed by atoms with Gasteiger partial charge in [0.1, 0.15) is 13.2 Å². The number of carbonyl (C=O) groups is 3. The van der Waals surface area contributed by atoms with E-state index in [2.05, 4.69) is 57.2 Å². The molecule has 6 heteroatoms. The van der Waals surface area contributed by atoms with Gasteiger partial charge in [0.2, 0.25) is 0 Å². The molecule has 6 nitrogen and oxygen atoms in total. The molecule has 0 aromatic rings. The summed E-state index contributed by atoms with van der Waals surface area (Å²) in [4.78, 5) is 38.0. The van der Waals surface area contributed by atoms with Crippen molar-refractivity contribution < 1.29 is 28.6 Å². The summed E-state index contributed by atoms with van der Waals surface area (Å²) in [5.41, 5.74) is 0. The largest absolute Gasteiger partial charge is 0.462 e. The predicted molar refractivity (Wildman–Crippen MR) is 266 cm³/mol. The van der Waals surface area contributed by atoms with Gasteiger partial charge in [-0.1, -0.05) is 211 Å². The first-order valence-electron chi connectivity index (χ1n) is 27.0. The third-order valence-electron chi connectivity index (χ3n) is 11.8. The van der Waals surface area contributed by atoms with E-state index in [1.807, 2.05) is 0 Å². The highest BCUT2D eigenvalue weighted by Crippen LogP contribution is 2.15. The SMILES string of the molecule is CCC/C=C\CCCCCCCC(=O)OCC(COC(=O)CCCCCCCCCCC/C=C\CCCCCCCC)OC(=O)CCCCCCC/C=C\CCCCCCCC. The van der Waals surface area contributed by atoms with Crippen molar-refractivity contribution in [2.75, 3.05) is 13.2 Å². The summed E-state index contributed by atoms with van der Waals surface area (Å²) in [6.45, 7) is 6.57. The number of rotatable bonds is 49. The highest BCUT2D eigenvalue weighted by atomic mass is 16.6. The Morgan fingerprint density at radius 1 is 0.306 bits per heavy atom. The zero-order chi connectivity index (χ0) is 45.1. The molecule has 0 aliphatic rings. The molecule has 0 saturated carbocycles. The van der Waals surface area contributed by atoms with Gasteiger partial charge in [0.25, 0.3) is 0 Å². The first kappa shape index (κ1) is 59.6. The lowest BCUT2D eigenvalue weighted by molar-refractivity contribution is -0.167. The van der Waals surface area contributed by atoms with Crippen LogP contribution < -0.4 is 0 Å². The van der Waals surface area contributed by atoms with Crippen molar-refractivity contribution in [2.24, 2.45) is 0 Å². The van der Waals surface area contributed by atoms with E-state index in [1.54, 1.807) is 0 Å². The van der Waals surface area contributed by atoms with Crippen LogP contribution in [0.3, 0.4) is 0 Å². The Bertz CT molecular complexity index is 1050. The highest BCUT2D eigenvalue weighted by molar-refractivity contribution is 5.71. The molecule has 0 rings (SSSR count). The molecule has 0 fully saturated rings. The first-order chi connectivity index (χ1) is 30.5. The minimum absolute atomic E-state index is 0.0775. The molecule has 1 unspecified atom stereocenters. The summed E-state index contributed by atoms with van der Waals surface area (Å²) in [5.74, 6) is -0.889. The normalized spacial score (nSPS) is 12.2. The van der Waals surface area contributed by atoms with Gasteiger partial charge in [0.15, 0.2) is 6.10 Å². The molecule has 0 aromatic heterocycles. The number of carbonyl (C=O) groups excluding carboxylic acids is 3. The lowest BCUT2D eigenvalue weighted by Crippen LogP contribution is -2.30. The molecular weight excluding hydrogens is 769 g/mol. The molecule has 0 amide bonds. The smallest absolute Gasteiger partial charge is 0.306 e. The van der Waals surface area contributed by atoms with Crippen LogP contribution in [0.15, 0.2) is 36.5 Å². The lowest BCUT2D eigenvalue weighted by Gasteiger charge is -2.18. The van der Waals surface area contributed by atoms with E-state index in [0.29, 0.717) is 19.3 Å². The van der Waals surface area contributed by atoms with Gasteiger partial charge in [-0.15, -0.1) is 0 Å². The minimum Gasteiger partial charge on any atom is -0.462 e. The van der Waals surface area contributed by atoms with Crippen LogP contribution in [0.5, 0.6) is 0 Å². The fraction of sp³-hybridized carbons (Fsp3) is 0.839. The fourth-order valence-electron chi connectivity index (χ4n) is 7.73. The van der Waals surface area contributed by atoms with E-state index in [0.717, 1.165) is 77.0 Å². The van der Waals surface area contributed by atoms with Crippen molar-refractivity contribution in [1.82, 2.24) is 0 Å². The van der Waals surface area contributed by atoms with Gasteiger partial charge >= 0.3 is 17.9 Å². The van der Waals surface area contributed by atoms with Crippen LogP contribution in [0.4, 0.5) is 0 Å². The second kappa shape index (κ2) is 51.3. The molecule has 0 N–H and O–H groups in total. The second-order valence-electron chi connectivity index (χ2n) is 18.1. The minimum atomic E-state index is -0.777. The van der Waals surface area contributed by atoms with E-state index in [-0.39, 0.29) is 31.1 Å². The number of esters is 3. The Labute approximate surface area is 385 Å². The highest BCUT2D eigenvalue weighted by Gasteiger charge is 2.19. The molecule has 0 heterocycles. The molecule has 0 spiro atoms. The molecule has 0 aliphatic carbocycles. The van der Waals surface area contributed by atoms with E-state index in [4.69, 9.17) is 14.2 Å². The van der Waals surface area contributed by atoms with Gasteiger partial charge in [0.05, 0.1) is 0 Å². The number of allylic oxidation sites excluding steroid dienone is 6. The monoisotopic (exact) mass is 871 g/mol. The summed E-state index contributed by atoms with van der Waals surface area (Å²) < 4.78 is 16.8. The molecule has 362 valence electrons. The van der Waals surface area contributed by atoms with Gasteiger partial charge < -0.3 is 14.2 Å². The zero-order valence-electron chi connectivity index (χ0n) is 41.4. The van der Waals surface area contributed by atoms with Crippen LogP contribution in [0.25, 0.3) is 0 Å². The fourth-order valence-corrected chi connectivity index (χ4v) is 7.73. The summed E-state index contributed by atoms with van der Waals surface area (Å²) in [6.07, 6.45) is 59.9. The maximum Gasteiger partial charge on any atom is 0.306 e. The summed E-state index contributed by atoms with van der Waals surface area (Å²) in [7, 11) is 0. The van der Waals surface area contributed by atoms with Crippen LogP contribution in [0, 0.1) is 0 Å². The zero-order valence-corrected chi connectivity index (χ0v) is 41.4. The molecule has 1 atom stereocenters. The average molecular weight is 871 g/mol. The van der Waals surface area contributed by atoms with E-state index in [1.165, 1.54) is 167 Å². The maximum atomic E-state index is 12.8. The Hall–Kier alpha value is -2.37. The van der Waals surface area contributed by atoms with Crippen molar-refractivity contribution in [2.45, 2.75) is 290 Å². The van der Waals surface area contributed by atoms with Gasteiger partial charge in [-0.25, -0.2) is 0 Å². The van der Waals surface area contributed by atoms with Gasteiger partial charge in [-0.05, 0) is 89.9 Å². The summed E-state index contributed by atoms with van der Waals surface area (Å²) in [5, 5.41) is 0. The summed E-state index contributed by atoms with van der Waals surface area (Å²) in [6, 6.07) is 0. The molecular formula is C56H102O6. The molecule has 0 saturated heterocycles. The average Bonchev–Trinajstić information content (AvgIpc) is 3.27. The summed E-state index contributed by atoms with van der Waals surface area (Å²) >= 11 is 0. The molecule has 0 aromatic carbocycles. The third-order valence-corrected chi connectivity index (χ3v) is 11.8. The van der Waals surface area contributed by atoms with Crippen molar-refractivity contribution >= 4 is 17.9 Å². The quantitative estimate of drug-likeness (QED) is 0.0262. The lowest BCUT2D eigenvalue weighted by atomic mass is 10.1. The van der Waals surface area contributed by atoms with E-state index >= 15 is 0 Å². The van der Waals surface area contributed by atoms with Crippen molar-refractivity contribution in [3.8, 4) is 0 Å². The van der Waals surface area contributed by atoms with Crippen LogP contribution in [0.1, 0.15) is 284 Å². The standard InChI is InChI=1S/C56H102O6/c1-4-7-10-13-16-19-22-24-26-27-28-29-31-32-34-37-40-43-46-49-55(58)61-52-53(51-60-54(57)48-45-42-39-36-21-18-15-12-9-6-3)62-56(59)50-47-44-41-38-35-33-30-25-23-20-17-14-11-8-5-2/h12,15,24-26,30,53H,4-11,13-14,16-23,27-29,31-52H2,1-3H3/b15-12-,26-24-,30-25-. The Balaban J connectivity index is 4.30. The van der Waals surface area contributed by atoms with Crippen LogP contribution in [0.2, 0.25) is 0 Å². The van der Waals surface area contributed by atoms with Gasteiger partial charge in [0, 0.05) is 19.3 Å². The number of hydrogen-bond donors (Lipinski definition) is 0. The number of unbranched alkanes of at least 4 members (excludes halogenated alkanes) is 32. The topological polar surface area (TPSA) is 78.9 Å². The van der Waals surface area contributed by atoms with Crippen LogP contribution in [-0.4, -0.2) is 37.2 Å². The maximum absolute atomic E-state index is 12.8. The Morgan fingerprint density at radius 3 is 0.871 bits per heavy atom. The van der Waals surface area contributed by atoms with E-state index < -0.39 is 6.10 Å². The van der Waals surface area contributed by atoms with Gasteiger partial charge in [-0.2, -0.15) is 0 Å². The molecule has 0 bridgehead atoms. The Kier molecular flexibility index (Phi) is 49.3. The first-order valence-corrected chi connectivity index (χ1v) is 27.0. The van der Waals surface area contributed by atoms with Crippen molar-refractivity contribution in [1.29, 1.82) is 0 Å². The van der Waals surface area contributed by atoms with Gasteiger partial charge in [-0.3, -0.25) is 14.4 Å².